The van der Waals surface area contributed by atoms with E-state index < -0.39 is 34.2 Å². The first kappa shape index (κ1) is 18.1. The molecule has 1 saturated heterocycles. The highest BCUT2D eigenvalue weighted by Crippen LogP contribution is 2.26. The molecule has 132 valence electrons. The summed E-state index contributed by atoms with van der Waals surface area (Å²) in [6.07, 6.45) is 0.205. The number of carbonyl (C=O) groups is 2. The molecule has 1 aromatic heterocycles. The van der Waals surface area contributed by atoms with Crippen molar-refractivity contribution in [1.82, 2.24) is 14.6 Å². The van der Waals surface area contributed by atoms with Crippen LogP contribution >= 0.6 is 11.3 Å². The second kappa shape index (κ2) is 6.70. The second-order valence-corrected chi connectivity index (χ2v) is 6.91. The minimum atomic E-state index is -4.67. The van der Waals surface area contributed by atoms with Gasteiger partial charge in [0.25, 0.3) is 11.8 Å². The number of oxime groups is 1. The van der Waals surface area contributed by atoms with E-state index in [1.165, 1.54) is 12.5 Å². The quantitative estimate of drug-likeness (QED) is 0.245. The third-order valence-electron chi connectivity index (χ3n) is 3.28. The van der Waals surface area contributed by atoms with Gasteiger partial charge in [-0.3, -0.25) is 14.1 Å². The van der Waals surface area contributed by atoms with Crippen LogP contribution in [0.15, 0.2) is 10.5 Å². The predicted molar refractivity (Wildman–Crippen MR) is 84.5 cm³/mol. The van der Waals surface area contributed by atoms with Crippen LogP contribution in [0.1, 0.15) is 19.0 Å². The predicted octanol–water partition coefficient (Wildman–Crippen LogP) is -1.02. The van der Waals surface area contributed by atoms with E-state index >= 15 is 0 Å². The summed E-state index contributed by atoms with van der Waals surface area (Å²) >= 11 is 1.09. The molecule has 0 bridgehead atoms. The number of aromatic nitrogens is 1. The Morgan fingerprint density at radius 3 is 2.75 bits per heavy atom. The number of nitrogens with one attached hydrogen (secondary N) is 1. The lowest BCUT2D eigenvalue weighted by atomic mass is 9.96. The first-order chi connectivity index (χ1) is 11.2. The number of hydrogen-bond acceptors (Lipinski definition) is 9. The third-order valence-corrected chi connectivity index (χ3v) is 4.91. The number of nitrogens with zero attached hydrogens (tertiary/aromatic N) is 3. The maximum Gasteiger partial charge on any atom is 0.362 e. The number of nitrogens with two attached hydrogens (primary N) is 1. The molecule has 0 unspecified atom stereocenters. The molecule has 2 atom stereocenters. The van der Waals surface area contributed by atoms with E-state index in [2.05, 4.69) is 20.3 Å². The molecule has 2 rings (SSSR count). The fourth-order valence-electron chi connectivity index (χ4n) is 2.26. The second-order valence-electron chi connectivity index (χ2n) is 4.73. The lowest BCUT2D eigenvalue weighted by molar-refractivity contribution is -0.144. The van der Waals surface area contributed by atoms with Gasteiger partial charge in [0.2, 0.25) is 0 Å². The smallest absolute Gasteiger partial charge is 0.362 e. The lowest BCUT2D eigenvalue weighted by Gasteiger charge is -2.43. The van der Waals surface area contributed by atoms with Gasteiger partial charge in [0, 0.05) is 5.38 Å². The molecule has 11 nitrogen and oxygen atoms in total. The van der Waals surface area contributed by atoms with Crippen LogP contribution in [0.2, 0.25) is 0 Å². The summed E-state index contributed by atoms with van der Waals surface area (Å²) in [5, 5.41) is 7.63. The van der Waals surface area contributed by atoms with Crippen LogP contribution in [0.4, 0.5) is 5.13 Å². The zero-order chi connectivity index (χ0) is 18.1. The SMILES string of the molecule is CC[C@H]1[C@H](NC(=O)/C(=N\OC)c2csc(N)n2)C(=O)N1S(=O)(=O)O. The fourth-order valence-corrected chi connectivity index (χ4v) is 3.77. The molecule has 2 heterocycles. The highest BCUT2D eigenvalue weighted by atomic mass is 32.2. The molecule has 0 saturated carbocycles. The molecule has 1 aliphatic heterocycles. The zero-order valence-corrected chi connectivity index (χ0v) is 14.3. The molecule has 0 aromatic carbocycles. The van der Waals surface area contributed by atoms with E-state index in [1.54, 1.807) is 6.92 Å². The minimum Gasteiger partial charge on any atom is -0.398 e. The van der Waals surface area contributed by atoms with E-state index in [9.17, 15) is 18.0 Å². The highest BCUT2D eigenvalue weighted by Gasteiger charge is 2.53. The van der Waals surface area contributed by atoms with E-state index in [1.807, 2.05) is 0 Å². The molecule has 0 aliphatic carbocycles. The summed E-state index contributed by atoms with van der Waals surface area (Å²) in [6, 6.07) is -2.00. The Bertz CT molecular complexity index is 789. The molecule has 13 heteroatoms. The standard InChI is InChI=1S/C11H15N5O6S2/c1-3-6-8(10(18)16(6)24(19,20)21)14-9(17)7(15-22-2)5-4-23-11(12)13-5/h4,6,8H,3H2,1-2H3,(H2,12,13)(H,14,17)(H,19,20,21)/b15-7-/t6-,8-/m0/s1. The van der Waals surface area contributed by atoms with Gasteiger partial charge in [0.1, 0.15) is 18.8 Å². The lowest BCUT2D eigenvalue weighted by Crippen LogP contribution is -2.72. The minimum absolute atomic E-state index is 0.156. The van der Waals surface area contributed by atoms with Crippen molar-refractivity contribution in [2.45, 2.75) is 25.4 Å². The summed E-state index contributed by atoms with van der Waals surface area (Å²) in [7, 11) is -3.45. The summed E-state index contributed by atoms with van der Waals surface area (Å²) < 4.78 is 31.7. The van der Waals surface area contributed by atoms with E-state index in [0.29, 0.717) is 4.31 Å². The molecule has 0 spiro atoms. The van der Waals surface area contributed by atoms with Crippen molar-refractivity contribution < 1.29 is 27.4 Å². The van der Waals surface area contributed by atoms with Crippen LogP contribution in [0.3, 0.4) is 0 Å². The molecule has 24 heavy (non-hydrogen) atoms. The first-order valence-corrected chi connectivity index (χ1v) is 8.92. The van der Waals surface area contributed by atoms with Gasteiger partial charge in [-0.15, -0.1) is 11.3 Å². The number of thiazole rings is 1. The van der Waals surface area contributed by atoms with E-state index in [4.69, 9.17) is 10.3 Å². The summed E-state index contributed by atoms with van der Waals surface area (Å²) in [5.41, 5.74) is 5.45. The van der Waals surface area contributed by atoms with Crippen LogP contribution in [0.5, 0.6) is 0 Å². The molecule has 4 N–H and O–H groups in total. The van der Waals surface area contributed by atoms with Gasteiger partial charge in [-0.05, 0) is 6.42 Å². The largest absolute Gasteiger partial charge is 0.398 e. The highest BCUT2D eigenvalue weighted by molar-refractivity contribution is 7.84. The first-order valence-electron chi connectivity index (χ1n) is 6.64. The fraction of sp³-hybridized carbons (Fsp3) is 0.455. The van der Waals surface area contributed by atoms with Gasteiger partial charge in [0.05, 0.1) is 6.04 Å². The van der Waals surface area contributed by atoms with Crippen LogP contribution in [0, 0.1) is 0 Å². The van der Waals surface area contributed by atoms with Gasteiger partial charge in [-0.25, -0.2) is 9.29 Å². The summed E-state index contributed by atoms with van der Waals surface area (Å²) in [4.78, 5) is 32.7. The number of β-lactam (4-membered cyclic amide) rings is 1. The third kappa shape index (κ3) is 3.32. The molecule has 2 amide bonds. The molecular formula is C11H15N5O6S2. The molecular weight excluding hydrogens is 362 g/mol. The van der Waals surface area contributed by atoms with Crippen molar-refractivity contribution in [3.05, 3.63) is 11.1 Å². The number of anilines is 1. The average Bonchev–Trinajstić information content (AvgIpc) is 2.91. The van der Waals surface area contributed by atoms with Gasteiger partial charge >= 0.3 is 10.3 Å². The Kier molecular flexibility index (Phi) is 5.05. The van der Waals surface area contributed by atoms with Crippen LogP contribution < -0.4 is 11.1 Å². The van der Waals surface area contributed by atoms with Crippen LogP contribution in [0.25, 0.3) is 0 Å². The molecule has 1 aliphatic rings. The van der Waals surface area contributed by atoms with Gasteiger partial charge < -0.3 is 15.9 Å². The Labute approximate surface area is 141 Å². The van der Waals surface area contributed by atoms with E-state index in [0.717, 1.165) is 11.3 Å². The van der Waals surface area contributed by atoms with Gasteiger partial charge in [0.15, 0.2) is 10.8 Å². The number of rotatable bonds is 6. The summed E-state index contributed by atoms with van der Waals surface area (Å²) in [6.45, 7) is 1.61. The van der Waals surface area contributed by atoms with Gasteiger partial charge in [-0.2, -0.15) is 8.42 Å². The number of hydrogen-bond donors (Lipinski definition) is 3. The Morgan fingerprint density at radius 1 is 1.62 bits per heavy atom. The Morgan fingerprint density at radius 2 is 2.29 bits per heavy atom. The topological polar surface area (TPSA) is 164 Å². The van der Waals surface area contributed by atoms with Crippen molar-refractivity contribution in [3.8, 4) is 0 Å². The average molecular weight is 377 g/mol. The summed E-state index contributed by atoms with van der Waals surface area (Å²) in [5.74, 6) is -1.72. The van der Waals surface area contributed by atoms with Crippen molar-refractivity contribution >= 4 is 44.3 Å². The molecule has 1 aromatic rings. The van der Waals surface area contributed by atoms with E-state index in [-0.39, 0.29) is 23.0 Å². The number of carbonyl (C=O) groups excluding carboxylic acids is 2. The molecule has 0 radical (unpaired) electrons. The maximum absolute atomic E-state index is 12.3. The van der Waals surface area contributed by atoms with Crippen molar-refractivity contribution in [3.63, 3.8) is 0 Å². The normalized spacial score (nSPS) is 21.4. The van der Waals surface area contributed by atoms with Crippen molar-refractivity contribution in [2.24, 2.45) is 5.16 Å². The Balaban J connectivity index is 2.19. The Hall–Kier alpha value is -2.25. The zero-order valence-electron chi connectivity index (χ0n) is 12.7. The van der Waals surface area contributed by atoms with Crippen molar-refractivity contribution in [1.29, 1.82) is 0 Å². The van der Waals surface area contributed by atoms with Gasteiger partial charge in [-0.1, -0.05) is 12.1 Å². The monoisotopic (exact) mass is 377 g/mol. The number of amides is 2. The van der Waals surface area contributed by atoms with Crippen LogP contribution in [-0.4, -0.2) is 59.0 Å². The maximum atomic E-state index is 12.3. The molecule has 1 fully saturated rings. The van der Waals surface area contributed by atoms with Crippen molar-refractivity contribution in [2.75, 3.05) is 12.8 Å². The number of nitrogen functional groups attached to an aromatic ring is 1. The van der Waals surface area contributed by atoms with Crippen LogP contribution in [-0.2, 0) is 24.7 Å².